The average Bonchev–Trinajstić information content (AvgIpc) is 0.771. The van der Waals surface area contributed by atoms with Crippen molar-refractivity contribution in [3.63, 3.8) is 0 Å². The number of benzene rings is 12. The molecule has 0 heterocycles. The Labute approximate surface area is 681 Å². The second-order valence-electron chi connectivity index (χ2n) is 21.6. The summed E-state index contributed by atoms with van der Waals surface area (Å²) >= 11 is 0. The minimum Gasteiger partial charge on any atom is -0.744 e. The molecule has 0 bridgehead atoms. The third kappa shape index (κ3) is 17.8. The van der Waals surface area contributed by atoms with Crippen molar-refractivity contribution in [2.45, 2.75) is 61.5 Å². The molecule has 0 saturated carbocycles. The van der Waals surface area contributed by atoms with Crippen LogP contribution < -0.4 is 177 Å². The van der Waals surface area contributed by atoms with Crippen LogP contribution >= 0.6 is 0 Å². The van der Waals surface area contributed by atoms with Gasteiger partial charge in [-0.2, -0.15) is 0 Å². The van der Waals surface area contributed by atoms with Gasteiger partial charge < -0.3 is 27.3 Å². The van der Waals surface area contributed by atoms with Crippen LogP contribution in [-0.2, 0) is 92.8 Å². The van der Waals surface area contributed by atoms with Gasteiger partial charge in [0.05, 0.1) is 29.4 Å². The smallest absolute Gasteiger partial charge is 0.744 e. The summed E-state index contributed by atoms with van der Waals surface area (Å²) in [5.74, 6) is 0. The zero-order valence-corrected chi connectivity index (χ0v) is 68.7. The van der Waals surface area contributed by atoms with Gasteiger partial charge in [0.2, 0.25) is 0 Å². The first kappa shape index (κ1) is 81.6. The van der Waals surface area contributed by atoms with Crippen LogP contribution in [0.1, 0.15) is 55.6 Å². The van der Waals surface area contributed by atoms with Crippen molar-refractivity contribution >= 4 is 125 Å². The Morgan fingerprint density at radius 3 is 0.663 bits per heavy atom. The number of hydrogen-bond acceptors (Lipinski definition) is 18. The summed E-state index contributed by atoms with van der Waals surface area (Å²) < 4.78 is 223. The van der Waals surface area contributed by atoms with E-state index in [2.05, 4.69) is 0 Å². The van der Waals surface area contributed by atoms with Crippen molar-refractivity contribution in [1.29, 1.82) is 0 Å². The molecule has 18 nitrogen and oxygen atoms in total. The first-order valence-electron chi connectivity index (χ1n) is 26.8. The van der Waals surface area contributed by atoms with E-state index < -0.39 is 90.1 Å². The SMILES string of the molecule is O=S(=O)([O-])c1ccc2c(Cc3ccc(Cc4ccc(Cc5ccc(Cc6ccc(Cc7cccc8ccc(S(=O)(=O)[O-])cc78)c7ccc(S(=O)(=O)[O-])cc67)c6ccc(S(=O)(=O)[O-])cc56)c5ccc(S(=O)(=O)[O-])cc45)c4ccc(S(=O)(=O)[O-])cc34)cccc2c1.[Na+].[Na+].[Na+].[Na+].[Na+].[Na+]. The third-order valence-electron chi connectivity index (χ3n) is 16.2. The van der Waals surface area contributed by atoms with Crippen molar-refractivity contribution in [3.8, 4) is 0 Å². The average molecular weight is 1440 g/mol. The molecule has 0 aliphatic heterocycles. The normalized spacial score (nSPS) is 12.1. The van der Waals surface area contributed by atoms with E-state index in [4.69, 9.17) is 0 Å². The van der Waals surface area contributed by atoms with E-state index >= 15 is 0 Å². The summed E-state index contributed by atoms with van der Waals surface area (Å²) in [4.78, 5) is -2.98. The van der Waals surface area contributed by atoms with Gasteiger partial charge in [-0.1, -0.05) is 121 Å². The summed E-state index contributed by atoms with van der Waals surface area (Å²) in [6, 6.07) is 47.9. The van der Waals surface area contributed by atoms with Gasteiger partial charge in [0.25, 0.3) is 0 Å². The Morgan fingerprint density at radius 2 is 0.389 bits per heavy atom. The van der Waals surface area contributed by atoms with E-state index in [0.29, 0.717) is 120 Å². The van der Waals surface area contributed by atoms with Crippen molar-refractivity contribution in [1.82, 2.24) is 0 Å². The van der Waals surface area contributed by atoms with Crippen LogP contribution in [0, 0.1) is 0 Å². The predicted molar refractivity (Wildman–Crippen MR) is 325 cm³/mol. The van der Waals surface area contributed by atoms with Gasteiger partial charge in [-0.15, -0.1) is 0 Å². The van der Waals surface area contributed by atoms with Crippen LogP contribution in [0.2, 0.25) is 0 Å². The Morgan fingerprint density at radius 1 is 0.189 bits per heavy atom. The second-order valence-corrected chi connectivity index (χ2v) is 29.9. The zero-order chi connectivity index (χ0) is 63.3. The molecule has 452 valence electrons. The molecule has 12 rings (SSSR count). The maximum absolute atomic E-state index is 12.7. The summed E-state index contributed by atoms with van der Waals surface area (Å²) in [5.41, 5.74) is 5.81. The summed E-state index contributed by atoms with van der Waals surface area (Å²) in [5, 5.41) is 5.59. The molecule has 0 aliphatic carbocycles. The molecule has 0 aliphatic rings. The van der Waals surface area contributed by atoms with Crippen molar-refractivity contribution in [2.75, 3.05) is 0 Å². The molecule has 0 radical (unpaired) electrons. The van der Waals surface area contributed by atoms with Crippen LogP contribution in [0.4, 0.5) is 0 Å². The van der Waals surface area contributed by atoms with Gasteiger partial charge in [-0.25, -0.2) is 50.5 Å². The van der Waals surface area contributed by atoms with Crippen LogP contribution in [0.15, 0.2) is 223 Å². The largest absolute Gasteiger partial charge is 1.00 e. The maximum atomic E-state index is 12.7. The van der Waals surface area contributed by atoms with Gasteiger partial charge in [0.15, 0.2) is 0 Å². The third-order valence-corrected chi connectivity index (χ3v) is 21.2. The number of rotatable bonds is 16. The standard InChI is InChI=1S/C65H48O18S6.6Na/c66-84(67,68)50-17-22-56-39(4-2-6-41(56)32-50)27-46-11-8-43(58-24-19-52(34-62(46)58)86(72,73)74)29-48-13-10-45(60-26-21-54(36-64(48)60)88(78,79)80)31-49-14-9-44(59-25-20-55(37-65(49)59)89(81,82)83)30-47-12-7-42(57-23-18-53(35-63(47)57)87(75,76)77)28-40-5-1-3-38-15-16-51(33-61(38)40)85(69,70)71;;;;;;/h1-26,32-37H,27-31H2,(H,66,67,68)(H,69,70,71)(H,72,73,74)(H,75,76,77)(H,78,79,80)(H,81,82,83);;;;;;/q;6*+1/p-6. The first-order valence-corrected chi connectivity index (χ1v) is 35.3. The predicted octanol–water partition coefficient (Wildman–Crippen LogP) is -7.99. The van der Waals surface area contributed by atoms with Gasteiger partial charge in [-0.05, 0) is 225 Å². The number of hydrogen-bond donors (Lipinski definition) is 0. The molecule has 0 amide bonds. The molecule has 0 aromatic heterocycles. The number of fused-ring (bicyclic) bond motifs is 6. The molecule has 30 heteroatoms. The van der Waals surface area contributed by atoms with Gasteiger partial charge in [0.1, 0.15) is 60.7 Å². The molecular weight excluding hydrogens is 1400 g/mol. The molecular formula is C65H42Na6O18S6. The van der Waals surface area contributed by atoms with Crippen LogP contribution in [-0.4, -0.2) is 77.8 Å². The fourth-order valence-corrected chi connectivity index (χ4v) is 14.9. The van der Waals surface area contributed by atoms with Crippen molar-refractivity contribution < 1.29 is 255 Å². The van der Waals surface area contributed by atoms with Crippen LogP contribution in [0.3, 0.4) is 0 Å². The van der Waals surface area contributed by atoms with Gasteiger partial charge in [0, 0.05) is 0 Å². The van der Waals surface area contributed by atoms with E-state index in [1.807, 2.05) is 0 Å². The van der Waals surface area contributed by atoms with Crippen molar-refractivity contribution in [2.24, 2.45) is 0 Å². The van der Waals surface area contributed by atoms with E-state index in [-0.39, 0.29) is 209 Å². The summed E-state index contributed by atoms with van der Waals surface area (Å²) in [6.45, 7) is 0. The minimum absolute atomic E-state index is 0. The van der Waals surface area contributed by atoms with Gasteiger partial charge in [-0.3, -0.25) is 0 Å². The topological polar surface area (TPSA) is 343 Å². The Balaban J connectivity index is 0.00000238. The van der Waals surface area contributed by atoms with E-state index in [0.717, 1.165) is 12.1 Å². The molecule has 0 saturated heterocycles. The molecule has 0 fully saturated rings. The van der Waals surface area contributed by atoms with Crippen molar-refractivity contribution in [3.05, 3.63) is 250 Å². The van der Waals surface area contributed by atoms with Crippen LogP contribution in [0.5, 0.6) is 0 Å². The monoisotopic (exact) mass is 1440 g/mol. The Bertz CT molecular complexity index is 5810. The van der Waals surface area contributed by atoms with E-state index in [9.17, 15) is 77.8 Å². The summed E-state index contributed by atoms with van der Waals surface area (Å²) in [6.07, 6.45) is 0.481. The molecule has 95 heavy (non-hydrogen) atoms. The van der Waals surface area contributed by atoms with Crippen LogP contribution in [0.25, 0.3) is 64.6 Å². The molecule has 0 unspecified atom stereocenters. The first-order chi connectivity index (χ1) is 41.8. The maximum Gasteiger partial charge on any atom is 1.00 e. The van der Waals surface area contributed by atoms with E-state index in [1.165, 1.54) is 97.1 Å². The molecule has 0 atom stereocenters. The second kappa shape index (κ2) is 31.5. The van der Waals surface area contributed by atoms with Gasteiger partial charge >= 0.3 is 177 Å². The Hall–Kier alpha value is -2.34. The fraction of sp³-hybridized carbons (Fsp3) is 0.0769. The zero-order valence-electron chi connectivity index (χ0n) is 51.8. The molecule has 12 aromatic carbocycles. The fourth-order valence-electron chi connectivity index (χ4n) is 11.9. The molecule has 0 spiro atoms. The summed E-state index contributed by atoms with van der Waals surface area (Å²) in [7, 11) is -29.6. The van der Waals surface area contributed by atoms with E-state index in [1.54, 1.807) is 84.9 Å². The molecule has 12 aromatic rings. The quantitative estimate of drug-likeness (QED) is 0.0640. The molecule has 0 N–H and O–H groups in total. The Kier molecular flexibility index (Phi) is 27.1. The minimum atomic E-state index is -5.05.